The van der Waals surface area contributed by atoms with Crippen LogP contribution in [0.25, 0.3) is 0 Å². The van der Waals surface area contributed by atoms with E-state index in [9.17, 15) is 9.59 Å². The molecule has 0 aromatic carbocycles. The van der Waals surface area contributed by atoms with Crippen LogP contribution in [0.2, 0.25) is 0 Å². The van der Waals surface area contributed by atoms with Crippen LogP contribution in [-0.2, 0) is 14.3 Å². The summed E-state index contributed by atoms with van der Waals surface area (Å²) in [5.74, 6) is -0.192. The van der Waals surface area contributed by atoms with Gasteiger partial charge in [-0.2, -0.15) is 0 Å². The monoisotopic (exact) mass is 374 g/mol. The number of nitrogens with one attached hydrogen (secondary N) is 2. The van der Waals surface area contributed by atoms with Crippen molar-refractivity contribution in [3.63, 3.8) is 0 Å². The van der Waals surface area contributed by atoms with Crippen LogP contribution in [0.5, 0.6) is 0 Å². The molecule has 0 bridgehead atoms. The lowest BCUT2D eigenvalue weighted by atomic mass is 9.92. The van der Waals surface area contributed by atoms with Gasteiger partial charge in [-0.05, 0) is 31.4 Å². The van der Waals surface area contributed by atoms with E-state index in [-0.39, 0.29) is 30.0 Å². The lowest BCUT2D eigenvalue weighted by Crippen LogP contribution is -2.60. The summed E-state index contributed by atoms with van der Waals surface area (Å²) in [7, 11) is 0. The van der Waals surface area contributed by atoms with Crippen LogP contribution < -0.4 is 15.5 Å². The molecule has 0 radical (unpaired) electrons. The molecule has 4 heterocycles. The molecule has 3 fully saturated rings. The molecular weight excluding hydrogens is 348 g/mol. The highest BCUT2D eigenvalue weighted by atomic mass is 16.5. The molecule has 3 aliphatic heterocycles. The Kier molecular flexibility index (Phi) is 5.54. The molecule has 8 nitrogen and oxygen atoms in total. The van der Waals surface area contributed by atoms with Crippen molar-refractivity contribution in [2.75, 3.05) is 37.8 Å². The molecular formula is C19H26N4O4. The first-order valence-electron chi connectivity index (χ1n) is 9.71. The second-order valence-electron chi connectivity index (χ2n) is 7.26. The number of anilines is 1. The van der Waals surface area contributed by atoms with Crippen LogP contribution in [0.4, 0.5) is 5.69 Å². The minimum atomic E-state index is -0.214. The normalized spacial score (nSPS) is 28.7. The van der Waals surface area contributed by atoms with Gasteiger partial charge >= 0.3 is 0 Å². The Morgan fingerprint density at radius 3 is 2.89 bits per heavy atom. The summed E-state index contributed by atoms with van der Waals surface area (Å²) >= 11 is 0. The van der Waals surface area contributed by atoms with Crippen molar-refractivity contribution in [3.05, 3.63) is 24.0 Å². The summed E-state index contributed by atoms with van der Waals surface area (Å²) < 4.78 is 11.1. The van der Waals surface area contributed by atoms with E-state index in [1.54, 1.807) is 6.20 Å². The lowest BCUT2D eigenvalue weighted by molar-refractivity contribution is -0.125. The molecule has 0 spiro atoms. The highest BCUT2D eigenvalue weighted by Gasteiger charge is 2.37. The van der Waals surface area contributed by atoms with Gasteiger partial charge in [0.1, 0.15) is 5.69 Å². The topological polar surface area (TPSA) is 92.8 Å². The minimum Gasteiger partial charge on any atom is -0.378 e. The Morgan fingerprint density at radius 1 is 1.26 bits per heavy atom. The number of amides is 2. The van der Waals surface area contributed by atoms with E-state index in [1.807, 2.05) is 12.1 Å². The second-order valence-corrected chi connectivity index (χ2v) is 7.26. The number of hydrogen-bond acceptors (Lipinski definition) is 6. The van der Waals surface area contributed by atoms with Crippen molar-refractivity contribution in [2.45, 2.75) is 43.9 Å². The molecule has 4 rings (SSSR count). The number of nitrogens with zero attached hydrogens (tertiary/aromatic N) is 2. The van der Waals surface area contributed by atoms with Crippen molar-refractivity contribution in [1.82, 2.24) is 15.6 Å². The van der Waals surface area contributed by atoms with Crippen LogP contribution >= 0.6 is 0 Å². The first kappa shape index (κ1) is 18.2. The zero-order valence-electron chi connectivity index (χ0n) is 15.4. The van der Waals surface area contributed by atoms with E-state index in [0.717, 1.165) is 31.6 Å². The van der Waals surface area contributed by atoms with Crippen LogP contribution in [0.15, 0.2) is 18.3 Å². The van der Waals surface area contributed by atoms with Gasteiger partial charge in [-0.25, -0.2) is 0 Å². The van der Waals surface area contributed by atoms with Gasteiger partial charge in [0.15, 0.2) is 0 Å². The third kappa shape index (κ3) is 4.22. The fourth-order valence-electron chi connectivity index (χ4n) is 4.03. The van der Waals surface area contributed by atoms with Gasteiger partial charge in [0.25, 0.3) is 5.91 Å². The molecule has 0 aliphatic carbocycles. The molecule has 2 amide bonds. The van der Waals surface area contributed by atoms with E-state index in [0.29, 0.717) is 38.4 Å². The van der Waals surface area contributed by atoms with E-state index < -0.39 is 0 Å². The van der Waals surface area contributed by atoms with Gasteiger partial charge in [-0.1, -0.05) is 0 Å². The molecule has 146 valence electrons. The number of pyridine rings is 1. The van der Waals surface area contributed by atoms with Crippen molar-refractivity contribution in [1.29, 1.82) is 0 Å². The van der Waals surface area contributed by atoms with Gasteiger partial charge in [-0.15, -0.1) is 0 Å². The minimum absolute atomic E-state index is 0.0217. The smallest absolute Gasteiger partial charge is 0.270 e. The maximum Gasteiger partial charge on any atom is 0.270 e. The Bertz CT molecular complexity index is 686. The Labute approximate surface area is 158 Å². The molecule has 3 atom stereocenters. The fourth-order valence-corrected chi connectivity index (χ4v) is 4.03. The summed E-state index contributed by atoms with van der Waals surface area (Å²) in [5, 5.41) is 6.08. The summed E-state index contributed by atoms with van der Waals surface area (Å²) in [5.41, 5.74) is 1.37. The standard InChI is InChI=1S/C19H26N4O4/c24-17-4-3-14(18(22-17)16-2-1-9-27-16)21-19(25)15-12-13(5-6-20-15)23-7-10-26-11-8-23/h5-6,12,14,16,18H,1-4,7-11H2,(H,21,25)(H,22,24). The van der Waals surface area contributed by atoms with Crippen molar-refractivity contribution in [2.24, 2.45) is 0 Å². The number of carbonyl (C=O) groups excluding carboxylic acids is 2. The Morgan fingerprint density at radius 2 is 2.11 bits per heavy atom. The lowest BCUT2D eigenvalue weighted by Gasteiger charge is -2.36. The highest BCUT2D eigenvalue weighted by Crippen LogP contribution is 2.23. The maximum atomic E-state index is 12.8. The summed E-state index contributed by atoms with van der Waals surface area (Å²) in [6.07, 6.45) is 4.55. The number of piperidine rings is 1. The highest BCUT2D eigenvalue weighted by molar-refractivity contribution is 5.93. The van der Waals surface area contributed by atoms with Gasteiger partial charge in [0.05, 0.1) is 31.4 Å². The van der Waals surface area contributed by atoms with E-state index >= 15 is 0 Å². The molecule has 27 heavy (non-hydrogen) atoms. The predicted octanol–water partition coefficient (Wildman–Crippen LogP) is 0.474. The van der Waals surface area contributed by atoms with Crippen molar-refractivity contribution >= 4 is 17.5 Å². The quantitative estimate of drug-likeness (QED) is 0.796. The number of morpholine rings is 1. The molecule has 2 N–H and O–H groups in total. The summed E-state index contributed by atoms with van der Waals surface area (Å²) in [4.78, 5) is 31.1. The number of aromatic nitrogens is 1. The Balaban J connectivity index is 1.45. The predicted molar refractivity (Wildman–Crippen MR) is 98.7 cm³/mol. The van der Waals surface area contributed by atoms with Gasteiger partial charge in [0, 0.05) is 38.0 Å². The van der Waals surface area contributed by atoms with Gasteiger partial charge in [0.2, 0.25) is 5.91 Å². The first-order chi connectivity index (χ1) is 13.2. The number of ether oxygens (including phenoxy) is 2. The zero-order valence-corrected chi connectivity index (χ0v) is 15.4. The first-order valence-corrected chi connectivity index (χ1v) is 9.71. The molecule has 3 saturated heterocycles. The third-order valence-electron chi connectivity index (χ3n) is 5.48. The van der Waals surface area contributed by atoms with Crippen molar-refractivity contribution in [3.8, 4) is 0 Å². The fraction of sp³-hybridized carbons (Fsp3) is 0.632. The average molecular weight is 374 g/mol. The van der Waals surface area contributed by atoms with Gasteiger partial charge in [-0.3, -0.25) is 14.6 Å². The number of rotatable bonds is 4. The number of hydrogen-bond donors (Lipinski definition) is 2. The molecule has 3 unspecified atom stereocenters. The molecule has 0 saturated carbocycles. The van der Waals surface area contributed by atoms with Crippen LogP contribution in [0.3, 0.4) is 0 Å². The third-order valence-corrected chi connectivity index (χ3v) is 5.48. The second kappa shape index (κ2) is 8.22. The number of carbonyl (C=O) groups is 2. The van der Waals surface area contributed by atoms with Crippen molar-refractivity contribution < 1.29 is 19.1 Å². The van der Waals surface area contributed by atoms with E-state index in [1.165, 1.54) is 0 Å². The van der Waals surface area contributed by atoms with Crippen LogP contribution in [0, 0.1) is 0 Å². The maximum absolute atomic E-state index is 12.8. The van der Waals surface area contributed by atoms with E-state index in [2.05, 4.69) is 20.5 Å². The molecule has 8 heteroatoms. The largest absolute Gasteiger partial charge is 0.378 e. The van der Waals surface area contributed by atoms with E-state index in [4.69, 9.17) is 9.47 Å². The summed E-state index contributed by atoms with van der Waals surface area (Å²) in [6.45, 7) is 3.70. The van der Waals surface area contributed by atoms with Crippen LogP contribution in [0.1, 0.15) is 36.2 Å². The summed E-state index contributed by atoms with van der Waals surface area (Å²) in [6, 6.07) is 3.41. The molecule has 1 aromatic rings. The Hall–Kier alpha value is -2.19. The van der Waals surface area contributed by atoms with Crippen LogP contribution in [-0.4, -0.2) is 67.9 Å². The molecule has 3 aliphatic rings. The zero-order chi connectivity index (χ0) is 18.6. The molecule has 1 aromatic heterocycles. The SMILES string of the molecule is O=C1CCC(NC(=O)c2cc(N3CCOCC3)ccn2)C(C2CCCO2)N1. The van der Waals surface area contributed by atoms with Gasteiger partial charge < -0.3 is 25.0 Å². The average Bonchev–Trinajstić information content (AvgIpc) is 3.25.